The smallest absolute Gasteiger partial charge is 0.307 e. The van der Waals surface area contributed by atoms with Gasteiger partial charge in [0, 0.05) is 19.6 Å². The standard InChI is InChI=1S/3C13H20N.Co/c3*1-13(2,3)12-8-6-11(7-9-12)10-14(4)5;/h3*6,8-9H,10H2,1-5H3;/q3*-1;+3. The maximum absolute atomic E-state index is 3.33. The molecule has 0 aromatic heterocycles. The van der Waals surface area contributed by atoms with E-state index in [2.05, 4.69) is 192 Å². The van der Waals surface area contributed by atoms with E-state index in [9.17, 15) is 0 Å². The van der Waals surface area contributed by atoms with Gasteiger partial charge in [-0.1, -0.05) is 78.6 Å². The SMILES string of the molecule is CN(C)Cc1[c-]cc(C(C)(C)C)cc1.CN(C)Cc1[c-]cc(C(C)(C)C)cc1.CN(C)Cc1[c-]cc(C(C)(C)C)cc1.[Co+3]. The van der Waals surface area contributed by atoms with Crippen LogP contribution in [0.4, 0.5) is 0 Å². The summed E-state index contributed by atoms with van der Waals surface area (Å²) in [7, 11) is 12.4. The summed E-state index contributed by atoms with van der Waals surface area (Å²) in [6, 6.07) is 29.4. The molecule has 0 fully saturated rings. The van der Waals surface area contributed by atoms with Crippen molar-refractivity contribution in [3.05, 3.63) is 106 Å². The molecule has 0 saturated carbocycles. The average molecular weight is 630 g/mol. The maximum atomic E-state index is 3.33. The summed E-state index contributed by atoms with van der Waals surface area (Å²) in [6.07, 6.45) is 0. The van der Waals surface area contributed by atoms with E-state index in [1.54, 1.807) is 0 Å². The molecular weight excluding hydrogens is 569 g/mol. The molecule has 3 aromatic carbocycles. The average Bonchev–Trinajstić information content (AvgIpc) is 2.83. The third kappa shape index (κ3) is 17.2. The van der Waals surface area contributed by atoms with Gasteiger partial charge in [0.05, 0.1) is 0 Å². The van der Waals surface area contributed by atoms with Crippen molar-refractivity contribution in [3.63, 3.8) is 0 Å². The minimum atomic E-state index is 0. The molecule has 0 amide bonds. The molecule has 0 atom stereocenters. The van der Waals surface area contributed by atoms with Gasteiger partial charge in [-0.15, -0.1) is 16.7 Å². The van der Waals surface area contributed by atoms with Crippen LogP contribution in [0.25, 0.3) is 0 Å². The maximum Gasteiger partial charge on any atom is 3.00 e. The molecule has 0 heterocycles. The topological polar surface area (TPSA) is 9.72 Å². The Morgan fingerprint density at radius 3 is 0.744 bits per heavy atom. The van der Waals surface area contributed by atoms with E-state index >= 15 is 0 Å². The van der Waals surface area contributed by atoms with Gasteiger partial charge >= 0.3 is 16.8 Å². The molecule has 0 bridgehead atoms. The molecule has 0 aliphatic rings. The van der Waals surface area contributed by atoms with E-state index in [4.69, 9.17) is 0 Å². The minimum absolute atomic E-state index is 0. The Labute approximate surface area is 277 Å². The molecule has 3 rings (SSSR count). The quantitative estimate of drug-likeness (QED) is 0.253. The molecule has 0 spiro atoms. The van der Waals surface area contributed by atoms with Gasteiger partial charge in [0.2, 0.25) is 0 Å². The molecule has 0 saturated heterocycles. The minimum Gasteiger partial charge on any atom is -0.307 e. The number of rotatable bonds is 6. The van der Waals surface area contributed by atoms with Gasteiger partial charge in [0.1, 0.15) is 0 Å². The second-order valence-electron chi connectivity index (χ2n) is 15.3. The Bertz CT molecular complexity index is 989. The van der Waals surface area contributed by atoms with Crippen molar-refractivity contribution in [1.29, 1.82) is 0 Å². The van der Waals surface area contributed by atoms with Gasteiger partial charge in [0.25, 0.3) is 0 Å². The van der Waals surface area contributed by atoms with Crippen molar-refractivity contribution in [1.82, 2.24) is 14.7 Å². The first kappa shape index (κ1) is 41.0. The van der Waals surface area contributed by atoms with Crippen LogP contribution in [-0.2, 0) is 52.7 Å². The van der Waals surface area contributed by atoms with E-state index in [-0.39, 0.29) is 33.0 Å². The van der Waals surface area contributed by atoms with Crippen molar-refractivity contribution in [2.75, 3.05) is 42.3 Å². The molecule has 0 aliphatic heterocycles. The van der Waals surface area contributed by atoms with Crippen LogP contribution < -0.4 is 0 Å². The molecule has 0 N–H and O–H groups in total. The molecule has 0 aliphatic carbocycles. The second kappa shape index (κ2) is 18.1. The fourth-order valence-electron chi connectivity index (χ4n) is 4.09. The largest absolute Gasteiger partial charge is 3.00 e. The zero-order valence-corrected chi connectivity index (χ0v) is 31.0. The van der Waals surface area contributed by atoms with E-state index in [0.29, 0.717) is 0 Å². The third-order valence-electron chi connectivity index (χ3n) is 6.69. The number of hydrogen-bond donors (Lipinski definition) is 0. The van der Waals surface area contributed by atoms with Crippen LogP contribution in [0.3, 0.4) is 0 Å². The van der Waals surface area contributed by atoms with Crippen molar-refractivity contribution in [2.45, 2.75) is 98.2 Å². The van der Waals surface area contributed by atoms with Crippen molar-refractivity contribution >= 4 is 0 Å². The van der Waals surface area contributed by atoms with Crippen LogP contribution in [0, 0.1) is 18.2 Å². The van der Waals surface area contributed by atoms with Crippen molar-refractivity contribution in [2.24, 2.45) is 0 Å². The van der Waals surface area contributed by atoms with Gasteiger partial charge in [-0.25, -0.2) is 0 Å². The predicted molar refractivity (Wildman–Crippen MR) is 184 cm³/mol. The number of benzene rings is 3. The summed E-state index contributed by atoms with van der Waals surface area (Å²) in [5.74, 6) is 0. The molecule has 3 nitrogen and oxygen atoms in total. The zero-order valence-electron chi connectivity index (χ0n) is 30.0. The first-order valence-corrected chi connectivity index (χ1v) is 15.2. The van der Waals surface area contributed by atoms with Crippen LogP contribution in [0.2, 0.25) is 0 Å². The number of hydrogen-bond acceptors (Lipinski definition) is 3. The normalized spacial score (nSPS) is 11.9. The van der Waals surface area contributed by atoms with Crippen LogP contribution >= 0.6 is 0 Å². The first-order chi connectivity index (χ1) is 19.2. The van der Waals surface area contributed by atoms with Gasteiger partial charge < -0.3 is 14.7 Å². The molecule has 0 unspecified atom stereocenters. The Morgan fingerprint density at radius 1 is 0.419 bits per heavy atom. The molecule has 43 heavy (non-hydrogen) atoms. The second-order valence-corrected chi connectivity index (χ2v) is 15.3. The molecule has 0 radical (unpaired) electrons. The third-order valence-corrected chi connectivity index (χ3v) is 6.69. The van der Waals surface area contributed by atoms with E-state index in [1.165, 1.54) is 33.4 Å². The van der Waals surface area contributed by atoms with Crippen molar-refractivity contribution in [3.8, 4) is 0 Å². The van der Waals surface area contributed by atoms with Crippen LogP contribution in [-0.4, -0.2) is 57.0 Å². The summed E-state index contributed by atoms with van der Waals surface area (Å²) in [5.41, 5.74) is 8.49. The summed E-state index contributed by atoms with van der Waals surface area (Å²) >= 11 is 0. The van der Waals surface area contributed by atoms with Crippen molar-refractivity contribution < 1.29 is 16.8 Å². The predicted octanol–water partition coefficient (Wildman–Crippen LogP) is 8.54. The summed E-state index contributed by atoms with van der Waals surface area (Å²) in [6.45, 7) is 22.9. The zero-order chi connectivity index (χ0) is 32.3. The van der Waals surface area contributed by atoms with E-state index in [0.717, 1.165) is 19.6 Å². The summed E-state index contributed by atoms with van der Waals surface area (Å²) in [4.78, 5) is 6.47. The molecular formula is C39H60CoN3. The summed E-state index contributed by atoms with van der Waals surface area (Å²) in [5, 5.41) is 0. The first-order valence-electron chi connectivity index (χ1n) is 15.2. The van der Waals surface area contributed by atoms with E-state index < -0.39 is 0 Å². The van der Waals surface area contributed by atoms with Gasteiger partial charge in [0.15, 0.2) is 0 Å². The van der Waals surface area contributed by atoms with Gasteiger partial charge in [-0.05, 0) is 42.3 Å². The van der Waals surface area contributed by atoms with Gasteiger partial charge in [-0.2, -0.15) is 89.5 Å². The Kier molecular flexibility index (Phi) is 17.3. The van der Waals surface area contributed by atoms with Crippen LogP contribution in [0.1, 0.15) is 95.7 Å². The fraction of sp³-hybridized carbons (Fsp3) is 0.538. The molecule has 240 valence electrons. The Balaban J connectivity index is 0.000000608. The molecule has 3 aromatic rings. The fourth-order valence-corrected chi connectivity index (χ4v) is 4.09. The van der Waals surface area contributed by atoms with E-state index in [1.807, 2.05) is 0 Å². The molecule has 4 heteroatoms. The van der Waals surface area contributed by atoms with Crippen LogP contribution in [0.5, 0.6) is 0 Å². The number of nitrogens with zero attached hydrogens (tertiary/aromatic N) is 3. The Morgan fingerprint density at radius 2 is 0.628 bits per heavy atom. The Hall–Kier alpha value is -1.95. The van der Waals surface area contributed by atoms with Gasteiger partial charge in [-0.3, -0.25) is 0 Å². The summed E-state index contributed by atoms with van der Waals surface area (Å²) < 4.78 is 0. The van der Waals surface area contributed by atoms with Crippen LogP contribution in [0.15, 0.2) is 54.6 Å². The monoisotopic (exact) mass is 629 g/mol.